The number of nitrogens with two attached hydrogens (primary N) is 1. The van der Waals surface area contributed by atoms with Crippen molar-refractivity contribution in [3.63, 3.8) is 0 Å². The molecule has 0 heterocycles. The van der Waals surface area contributed by atoms with Crippen molar-refractivity contribution in [2.75, 3.05) is 7.05 Å². The van der Waals surface area contributed by atoms with E-state index >= 15 is 0 Å². The number of likely N-dealkylation sites (N-methyl/N-ethyl adjacent to an activating group) is 1. The summed E-state index contributed by atoms with van der Waals surface area (Å²) < 4.78 is 0. The van der Waals surface area contributed by atoms with Crippen molar-refractivity contribution in [1.82, 2.24) is 10.6 Å². The van der Waals surface area contributed by atoms with Crippen molar-refractivity contribution < 1.29 is 14.7 Å². The summed E-state index contributed by atoms with van der Waals surface area (Å²) in [6.07, 6.45) is -0.629. The van der Waals surface area contributed by atoms with E-state index in [2.05, 4.69) is 10.6 Å². The average Bonchev–Trinajstić information content (AvgIpc) is 2.44. The largest absolute Gasteiger partial charge is 0.391 e. The van der Waals surface area contributed by atoms with Crippen molar-refractivity contribution in [2.24, 2.45) is 5.73 Å². The third kappa shape index (κ3) is 4.64. The highest BCUT2D eigenvalue weighted by molar-refractivity contribution is 5.90. The van der Waals surface area contributed by atoms with Crippen molar-refractivity contribution in [3.05, 3.63) is 35.9 Å². The Morgan fingerprint density at radius 3 is 2.35 bits per heavy atom. The van der Waals surface area contributed by atoms with Crippen molar-refractivity contribution in [2.45, 2.75) is 31.5 Å². The zero-order valence-corrected chi connectivity index (χ0v) is 11.7. The molecule has 3 atom stereocenters. The van der Waals surface area contributed by atoms with Gasteiger partial charge in [0.05, 0.1) is 12.1 Å². The van der Waals surface area contributed by atoms with Crippen LogP contribution in [-0.4, -0.2) is 42.2 Å². The van der Waals surface area contributed by atoms with Crippen LogP contribution in [0.25, 0.3) is 0 Å². The van der Waals surface area contributed by atoms with Gasteiger partial charge in [-0.25, -0.2) is 0 Å². The predicted octanol–water partition coefficient (Wildman–Crippen LogP) is -0.832. The summed E-state index contributed by atoms with van der Waals surface area (Å²) in [6, 6.07) is 7.57. The predicted molar refractivity (Wildman–Crippen MR) is 75.8 cm³/mol. The molecule has 0 saturated heterocycles. The van der Waals surface area contributed by atoms with Crippen LogP contribution in [0.1, 0.15) is 12.5 Å². The number of hydrogen-bond acceptors (Lipinski definition) is 4. The van der Waals surface area contributed by atoms with Gasteiger partial charge in [-0.15, -0.1) is 0 Å². The lowest BCUT2D eigenvalue weighted by molar-refractivity contribution is -0.131. The highest BCUT2D eigenvalue weighted by Gasteiger charge is 2.26. The minimum atomic E-state index is -1.01. The number of aliphatic hydroxyl groups is 1. The molecule has 0 spiro atoms. The molecule has 6 nitrogen and oxygen atoms in total. The van der Waals surface area contributed by atoms with Crippen LogP contribution in [0.3, 0.4) is 0 Å². The third-order valence-electron chi connectivity index (χ3n) is 2.94. The van der Waals surface area contributed by atoms with Gasteiger partial charge in [0.1, 0.15) is 6.04 Å². The van der Waals surface area contributed by atoms with Gasteiger partial charge in [-0.1, -0.05) is 30.3 Å². The molecule has 2 amide bonds. The molecule has 1 rings (SSSR count). The Morgan fingerprint density at radius 1 is 1.25 bits per heavy atom. The fourth-order valence-electron chi connectivity index (χ4n) is 1.78. The molecular weight excluding hydrogens is 258 g/mol. The number of amides is 2. The zero-order valence-electron chi connectivity index (χ0n) is 11.7. The molecule has 0 aliphatic heterocycles. The Bertz CT molecular complexity index is 448. The molecule has 5 N–H and O–H groups in total. The van der Waals surface area contributed by atoms with Crippen LogP contribution in [0.2, 0.25) is 0 Å². The van der Waals surface area contributed by atoms with Crippen LogP contribution >= 0.6 is 0 Å². The van der Waals surface area contributed by atoms with Crippen LogP contribution in [0, 0.1) is 0 Å². The molecule has 0 aliphatic rings. The van der Waals surface area contributed by atoms with E-state index < -0.39 is 30.0 Å². The normalized spacial score (nSPS) is 15.0. The van der Waals surface area contributed by atoms with Gasteiger partial charge in [-0.05, 0) is 18.9 Å². The van der Waals surface area contributed by atoms with Crippen LogP contribution in [0.5, 0.6) is 0 Å². The lowest BCUT2D eigenvalue weighted by Gasteiger charge is -2.22. The Morgan fingerprint density at radius 2 is 1.85 bits per heavy atom. The van der Waals surface area contributed by atoms with E-state index in [0.29, 0.717) is 6.42 Å². The van der Waals surface area contributed by atoms with E-state index in [1.165, 1.54) is 14.0 Å². The molecule has 0 aromatic heterocycles. The van der Waals surface area contributed by atoms with Crippen LogP contribution in [0.4, 0.5) is 0 Å². The standard InChI is InChI=1S/C14H21N3O3/c1-9(18)12(14(20)16-2)17-13(19)11(15)8-10-6-4-3-5-7-10/h3-7,9,11-12,18H,8,15H2,1-2H3,(H,16,20)(H,17,19). The van der Waals surface area contributed by atoms with Gasteiger partial charge in [-0.2, -0.15) is 0 Å². The van der Waals surface area contributed by atoms with Crippen molar-refractivity contribution in [1.29, 1.82) is 0 Å². The SMILES string of the molecule is CNC(=O)C(NC(=O)C(N)Cc1ccccc1)C(C)O. The summed E-state index contributed by atoms with van der Waals surface area (Å²) in [4.78, 5) is 23.5. The molecule has 0 aliphatic carbocycles. The molecule has 110 valence electrons. The number of benzene rings is 1. The van der Waals surface area contributed by atoms with E-state index in [4.69, 9.17) is 5.73 Å². The maximum absolute atomic E-state index is 12.0. The number of aliphatic hydroxyl groups excluding tert-OH is 1. The van der Waals surface area contributed by atoms with Crippen molar-refractivity contribution in [3.8, 4) is 0 Å². The second-order valence-corrected chi connectivity index (χ2v) is 4.64. The molecule has 20 heavy (non-hydrogen) atoms. The van der Waals surface area contributed by atoms with E-state index in [9.17, 15) is 14.7 Å². The van der Waals surface area contributed by atoms with Gasteiger partial charge in [-0.3, -0.25) is 9.59 Å². The summed E-state index contributed by atoms with van der Waals surface area (Å²) in [5, 5.41) is 14.4. The lowest BCUT2D eigenvalue weighted by Crippen LogP contribution is -2.55. The molecule has 1 aromatic carbocycles. The molecule has 0 bridgehead atoms. The van der Waals surface area contributed by atoms with Gasteiger partial charge >= 0.3 is 0 Å². The fraction of sp³-hybridized carbons (Fsp3) is 0.429. The molecule has 0 fully saturated rings. The third-order valence-corrected chi connectivity index (χ3v) is 2.94. The Hall–Kier alpha value is -1.92. The Kier molecular flexibility index (Phi) is 6.14. The number of rotatable bonds is 6. The molecule has 6 heteroatoms. The minimum absolute atomic E-state index is 0.368. The summed E-state index contributed by atoms with van der Waals surface area (Å²) >= 11 is 0. The Balaban J connectivity index is 2.62. The number of hydrogen-bond donors (Lipinski definition) is 4. The van der Waals surface area contributed by atoms with Crippen molar-refractivity contribution >= 4 is 11.8 Å². The number of carbonyl (C=O) groups is 2. The van der Waals surface area contributed by atoms with Gasteiger partial charge < -0.3 is 21.5 Å². The summed E-state index contributed by atoms with van der Waals surface area (Å²) in [5.74, 6) is -0.927. The molecule has 3 unspecified atom stereocenters. The van der Waals surface area contributed by atoms with Gasteiger partial charge in [0.25, 0.3) is 0 Å². The summed E-state index contributed by atoms with van der Waals surface area (Å²) in [7, 11) is 1.44. The smallest absolute Gasteiger partial charge is 0.245 e. The molecule has 1 aromatic rings. The van der Waals surface area contributed by atoms with Gasteiger partial charge in [0.15, 0.2) is 0 Å². The van der Waals surface area contributed by atoms with Gasteiger partial charge in [0, 0.05) is 7.05 Å². The highest BCUT2D eigenvalue weighted by atomic mass is 16.3. The monoisotopic (exact) mass is 279 g/mol. The maximum Gasteiger partial charge on any atom is 0.245 e. The second kappa shape index (κ2) is 7.62. The first-order valence-electron chi connectivity index (χ1n) is 6.45. The van der Waals surface area contributed by atoms with E-state index in [1.54, 1.807) is 0 Å². The first-order valence-corrected chi connectivity index (χ1v) is 6.45. The van der Waals surface area contributed by atoms with Crippen LogP contribution in [-0.2, 0) is 16.0 Å². The number of carbonyl (C=O) groups excluding carboxylic acids is 2. The zero-order chi connectivity index (χ0) is 15.1. The van der Waals surface area contributed by atoms with Crippen LogP contribution in [0.15, 0.2) is 30.3 Å². The summed E-state index contributed by atoms with van der Waals surface area (Å²) in [5.41, 5.74) is 6.75. The number of nitrogens with one attached hydrogen (secondary N) is 2. The minimum Gasteiger partial charge on any atom is -0.391 e. The van der Waals surface area contributed by atoms with Gasteiger partial charge in [0.2, 0.25) is 11.8 Å². The van der Waals surface area contributed by atoms with Crippen LogP contribution < -0.4 is 16.4 Å². The lowest BCUT2D eigenvalue weighted by atomic mass is 10.1. The van der Waals surface area contributed by atoms with E-state index in [-0.39, 0.29) is 0 Å². The Labute approximate surface area is 118 Å². The topological polar surface area (TPSA) is 104 Å². The summed E-state index contributed by atoms with van der Waals surface area (Å²) in [6.45, 7) is 1.43. The molecule has 0 saturated carbocycles. The molecular formula is C14H21N3O3. The molecule has 0 radical (unpaired) electrons. The first kappa shape index (κ1) is 16.1. The highest BCUT2D eigenvalue weighted by Crippen LogP contribution is 2.03. The average molecular weight is 279 g/mol. The van der Waals surface area contributed by atoms with E-state index in [1.807, 2.05) is 30.3 Å². The van der Waals surface area contributed by atoms with E-state index in [0.717, 1.165) is 5.56 Å². The fourth-order valence-corrected chi connectivity index (χ4v) is 1.78. The second-order valence-electron chi connectivity index (χ2n) is 4.64. The first-order chi connectivity index (χ1) is 9.45. The quantitative estimate of drug-likeness (QED) is 0.545. The maximum atomic E-state index is 12.0.